The Morgan fingerprint density at radius 2 is 2.22 bits per heavy atom. The lowest BCUT2D eigenvalue weighted by molar-refractivity contribution is 0.252. The average Bonchev–Trinajstić information content (AvgIpc) is 2.82. The maximum Gasteiger partial charge on any atom is 0.276 e. The molecule has 0 unspecified atom stereocenters. The quantitative estimate of drug-likeness (QED) is 0.748. The summed E-state index contributed by atoms with van der Waals surface area (Å²) in [5.41, 5.74) is 1.16. The van der Waals surface area contributed by atoms with Crippen molar-refractivity contribution in [2.75, 3.05) is 5.75 Å². The molecule has 0 aliphatic rings. The van der Waals surface area contributed by atoms with Gasteiger partial charge in [-0.3, -0.25) is 0 Å². The molecule has 1 aromatic carbocycles. The fraction of sp³-hybridized carbons (Fsp3) is 0.385. The SMILES string of the molecule is CCCSc1nnc(COc2cccc(C)c2)o1. The van der Waals surface area contributed by atoms with E-state index in [-0.39, 0.29) is 0 Å². The third kappa shape index (κ3) is 3.77. The molecule has 1 aromatic heterocycles. The highest BCUT2D eigenvalue weighted by molar-refractivity contribution is 7.99. The highest BCUT2D eigenvalue weighted by Crippen LogP contribution is 2.18. The van der Waals surface area contributed by atoms with Crippen LogP contribution in [0, 0.1) is 6.92 Å². The molecule has 5 heteroatoms. The fourth-order valence-electron chi connectivity index (χ4n) is 1.39. The van der Waals surface area contributed by atoms with Crippen LogP contribution in [0.15, 0.2) is 33.9 Å². The summed E-state index contributed by atoms with van der Waals surface area (Å²) >= 11 is 1.57. The summed E-state index contributed by atoms with van der Waals surface area (Å²) < 4.78 is 11.0. The van der Waals surface area contributed by atoms with Gasteiger partial charge in [-0.1, -0.05) is 30.8 Å². The minimum atomic E-state index is 0.309. The van der Waals surface area contributed by atoms with Gasteiger partial charge in [-0.25, -0.2) is 0 Å². The summed E-state index contributed by atoms with van der Waals surface area (Å²) in [6, 6.07) is 7.87. The lowest BCUT2D eigenvalue weighted by atomic mass is 10.2. The molecule has 0 aliphatic heterocycles. The van der Waals surface area contributed by atoms with Gasteiger partial charge in [0, 0.05) is 5.75 Å². The number of aryl methyl sites for hydroxylation is 1. The largest absolute Gasteiger partial charge is 0.484 e. The Hall–Kier alpha value is -1.49. The van der Waals surface area contributed by atoms with Crippen molar-refractivity contribution in [2.45, 2.75) is 32.1 Å². The highest BCUT2D eigenvalue weighted by Gasteiger charge is 2.06. The van der Waals surface area contributed by atoms with E-state index in [2.05, 4.69) is 17.1 Å². The molecule has 0 atom stereocenters. The van der Waals surface area contributed by atoms with Gasteiger partial charge in [0.1, 0.15) is 5.75 Å². The summed E-state index contributed by atoms with van der Waals surface area (Å²) in [5.74, 6) is 2.31. The van der Waals surface area contributed by atoms with E-state index in [0.29, 0.717) is 17.7 Å². The lowest BCUT2D eigenvalue weighted by Crippen LogP contribution is -1.95. The van der Waals surface area contributed by atoms with Crippen LogP contribution in [0.3, 0.4) is 0 Å². The van der Waals surface area contributed by atoms with E-state index in [9.17, 15) is 0 Å². The number of ether oxygens (including phenoxy) is 1. The minimum Gasteiger partial charge on any atom is -0.484 e. The molecule has 2 rings (SSSR count). The molecule has 0 spiro atoms. The Labute approximate surface area is 111 Å². The van der Waals surface area contributed by atoms with E-state index in [1.165, 1.54) is 0 Å². The van der Waals surface area contributed by atoms with Gasteiger partial charge < -0.3 is 9.15 Å². The Morgan fingerprint density at radius 1 is 1.33 bits per heavy atom. The zero-order chi connectivity index (χ0) is 12.8. The molecular weight excluding hydrogens is 248 g/mol. The second-order valence-corrected chi connectivity index (χ2v) is 4.96. The van der Waals surface area contributed by atoms with E-state index in [1.54, 1.807) is 11.8 Å². The van der Waals surface area contributed by atoms with Gasteiger partial charge >= 0.3 is 0 Å². The molecule has 0 radical (unpaired) electrons. The molecule has 0 amide bonds. The van der Waals surface area contributed by atoms with Gasteiger partial charge in [0.25, 0.3) is 11.1 Å². The van der Waals surface area contributed by atoms with Crippen LogP contribution in [0.4, 0.5) is 0 Å². The molecule has 0 saturated carbocycles. The second kappa shape index (κ2) is 6.44. The number of aromatic nitrogens is 2. The fourth-order valence-corrected chi connectivity index (χ4v) is 2.03. The van der Waals surface area contributed by atoms with Crippen LogP contribution in [-0.2, 0) is 6.61 Å². The van der Waals surface area contributed by atoms with Crippen molar-refractivity contribution in [3.63, 3.8) is 0 Å². The summed E-state index contributed by atoms with van der Waals surface area (Å²) in [6.45, 7) is 4.45. The molecule has 0 bridgehead atoms. The van der Waals surface area contributed by atoms with E-state index >= 15 is 0 Å². The summed E-state index contributed by atoms with van der Waals surface area (Å²) in [6.07, 6.45) is 1.09. The monoisotopic (exact) mass is 264 g/mol. The zero-order valence-electron chi connectivity index (χ0n) is 10.5. The van der Waals surface area contributed by atoms with Crippen LogP contribution in [0.1, 0.15) is 24.8 Å². The molecule has 0 N–H and O–H groups in total. The van der Waals surface area contributed by atoms with Crippen LogP contribution in [0.5, 0.6) is 5.75 Å². The molecule has 1 heterocycles. The van der Waals surface area contributed by atoms with E-state index in [0.717, 1.165) is 23.5 Å². The predicted molar refractivity (Wildman–Crippen MR) is 70.8 cm³/mol. The van der Waals surface area contributed by atoms with Crippen molar-refractivity contribution in [2.24, 2.45) is 0 Å². The number of hydrogen-bond donors (Lipinski definition) is 0. The van der Waals surface area contributed by atoms with Gasteiger partial charge in [-0.2, -0.15) is 0 Å². The van der Waals surface area contributed by atoms with E-state index in [1.807, 2.05) is 31.2 Å². The Morgan fingerprint density at radius 3 is 3.00 bits per heavy atom. The first-order valence-corrected chi connectivity index (χ1v) is 6.91. The molecule has 96 valence electrons. The topological polar surface area (TPSA) is 48.2 Å². The lowest BCUT2D eigenvalue weighted by Gasteiger charge is -2.03. The third-order valence-corrected chi connectivity index (χ3v) is 3.25. The summed E-state index contributed by atoms with van der Waals surface area (Å²) in [5, 5.41) is 8.50. The molecule has 0 fully saturated rings. The Kier molecular flexibility index (Phi) is 4.64. The van der Waals surface area contributed by atoms with Crippen molar-refractivity contribution < 1.29 is 9.15 Å². The Balaban J connectivity index is 1.88. The van der Waals surface area contributed by atoms with Crippen molar-refractivity contribution in [3.8, 4) is 5.75 Å². The zero-order valence-corrected chi connectivity index (χ0v) is 11.4. The normalized spacial score (nSPS) is 10.6. The summed E-state index contributed by atoms with van der Waals surface area (Å²) in [7, 11) is 0. The summed E-state index contributed by atoms with van der Waals surface area (Å²) in [4.78, 5) is 0. The number of thioether (sulfide) groups is 1. The molecule has 0 aliphatic carbocycles. The first-order chi connectivity index (χ1) is 8.78. The predicted octanol–water partition coefficient (Wildman–Crippen LogP) is 3.46. The first-order valence-electron chi connectivity index (χ1n) is 5.92. The van der Waals surface area contributed by atoms with Crippen LogP contribution in [0.25, 0.3) is 0 Å². The van der Waals surface area contributed by atoms with E-state index < -0.39 is 0 Å². The highest BCUT2D eigenvalue weighted by atomic mass is 32.2. The van der Waals surface area contributed by atoms with Crippen molar-refractivity contribution in [3.05, 3.63) is 35.7 Å². The second-order valence-electron chi connectivity index (χ2n) is 3.92. The van der Waals surface area contributed by atoms with Crippen LogP contribution >= 0.6 is 11.8 Å². The number of nitrogens with zero attached hydrogens (tertiary/aromatic N) is 2. The molecular formula is C13H16N2O2S. The van der Waals surface area contributed by atoms with Gasteiger partial charge in [0.15, 0.2) is 6.61 Å². The number of hydrogen-bond acceptors (Lipinski definition) is 5. The standard InChI is InChI=1S/C13H16N2O2S/c1-3-7-18-13-15-14-12(17-13)9-16-11-6-4-5-10(2)8-11/h4-6,8H,3,7,9H2,1-2H3. The van der Waals surface area contributed by atoms with Gasteiger partial charge in [-0.05, 0) is 31.0 Å². The average molecular weight is 264 g/mol. The third-order valence-electron chi connectivity index (χ3n) is 2.23. The van der Waals surface area contributed by atoms with Crippen LogP contribution < -0.4 is 4.74 Å². The molecule has 18 heavy (non-hydrogen) atoms. The Bertz CT molecular complexity index is 499. The first kappa shape index (κ1) is 13.0. The van der Waals surface area contributed by atoms with Gasteiger partial charge in [0.2, 0.25) is 0 Å². The molecule has 4 nitrogen and oxygen atoms in total. The number of rotatable bonds is 6. The van der Waals surface area contributed by atoms with E-state index in [4.69, 9.17) is 9.15 Å². The molecule has 0 saturated heterocycles. The van der Waals surface area contributed by atoms with Gasteiger partial charge in [-0.15, -0.1) is 10.2 Å². The minimum absolute atomic E-state index is 0.309. The van der Waals surface area contributed by atoms with Gasteiger partial charge in [0.05, 0.1) is 0 Å². The van der Waals surface area contributed by atoms with Crippen molar-refractivity contribution in [1.82, 2.24) is 10.2 Å². The van der Waals surface area contributed by atoms with Crippen LogP contribution in [-0.4, -0.2) is 16.0 Å². The van der Waals surface area contributed by atoms with Crippen molar-refractivity contribution in [1.29, 1.82) is 0 Å². The smallest absolute Gasteiger partial charge is 0.276 e. The van der Waals surface area contributed by atoms with Crippen LogP contribution in [0.2, 0.25) is 0 Å². The maximum absolute atomic E-state index is 5.59. The maximum atomic E-state index is 5.59. The van der Waals surface area contributed by atoms with Crippen molar-refractivity contribution >= 4 is 11.8 Å². The molecule has 2 aromatic rings. The number of benzene rings is 1.